The zero-order chi connectivity index (χ0) is 29.1. The minimum atomic E-state index is -0.395. The first-order chi connectivity index (χ1) is 19.2. The molecule has 4 aromatic carbocycles. The van der Waals surface area contributed by atoms with Gasteiger partial charge in [-0.05, 0) is 59.7 Å². The van der Waals surface area contributed by atoms with E-state index in [1.807, 2.05) is 0 Å². The van der Waals surface area contributed by atoms with Crippen molar-refractivity contribution in [2.45, 2.75) is 0 Å². The molecule has 0 unspecified atom stereocenters. The molecule has 0 aromatic heterocycles. The average Bonchev–Trinajstić information content (AvgIpc) is 2.95. The normalized spacial score (nSPS) is 10.4. The van der Waals surface area contributed by atoms with E-state index in [4.69, 9.17) is 46.4 Å². The number of carbonyl (C=O) groups excluding carboxylic acids is 2. The fraction of sp³-hybridized carbons (Fsp3) is 0. The maximum absolute atomic E-state index is 11.7. The molecule has 0 heterocycles. The number of hydrogen-bond acceptors (Lipinski definition) is 6. The number of hydrogen-bond donors (Lipinski definition) is 2. The van der Waals surface area contributed by atoms with Crippen molar-refractivity contribution in [3.05, 3.63) is 127 Å². The number of rotatable bonds is 6. The minimum Gasteiger partial charge on any atom is -0.871 e. The van der Waals surface area contributed by atoms with E-state index < -0.39 is 11.5 Å². The van der Waals surface area contributed by atoms with Crippen LogP contribution < -0.4 is 21.1 Å². The summed E-state index contributed by atoms with van der Waals surface area (Å²) in [5.74, 6) is -1.53. The fourth-order valence-electron chi connectivity index (χ4n) is 2.98. The van der Waals surface area contributed by atoms with Crippen molar-refractivity contribution < 1.29 is 36.9 Å². The molecule has 0 bridgehead atoms. The molecule has 0 aliphatic rings. The van der Waals surface area contributed by atoms with Gasteiger partial charge in [0.15, 0.2) is 0 Å². The van der Waals surface area contributed by atoms with E-state index in [1.165, 1.54) is 36.7 Å². The van der Waals surface area contributed by atoms with Gasteiger partial charge in [0.05, 0.1) is 12.4 Å². The van der Waals surface area contributed by atoms with Crippen molar-refractivity contribution in [3.8, 4) is 11.5 Å². The first-order valence-electron chi connectivity index (χ1n) is 11.2. The van der Waals surface area contributed by atoms with Gasteiger partial charge in [-0.2, -0.15) is 10.2 Å². The van der Waals surface area contributed by atoms with E-state index in [0.717, 1.165) is 0 Å². The molecule has 8 nitrogen and oxygen atoms in total. The van der Waals surface area contributed by atoms with E-state index in [9.17, 15) is 19.8 Å². The predicted molar refractivity (Wildman–Crippen MR) is 155 cm³/mol. The van der Waals surface area contributed by atoms with Crippen molar-refractivity contribution in [1.29, 1.82) is 0 Å². The van der Waals surface area contributed by atoms with E-state index in [2.05, 4.69) is 21.1 Å². The van der Waals surface area contributed by atoms with Crippen LogP contribution in [0.1, 0.15) is 31.8 Å². The number of nitrogens with zero attached hydrogens (tertiary/aromatic N) is 2. The standard InChI is InChI=1S/2C14H10Cl2N2O2.Fe/c2*15-11-6-10(13(19)12(16)7-11)8-17-18-14(20)9-4-2-1-3-5-9;/h2*1-8,19H,(H,18,20);/q;;+2/p-2/b2*17-8+;. The Morgan fingerprint density at radius 3 is 1.29 bits per heavy atom. The van der Waals surface area contributed by atoms with E-state index >= 15 is 0 Å². The SMILES string of the molecule is O=C(N/N=C/c1cc(Cl)cc(Cl)c1[O-])c1ccccc1.O=C(N/N=C/c1cc(Cl)cc(Cl)c1[O-])c1ccccc1.[Fe+2]. The Bertz CT molecular complexity index is 1440. The van der Waals surface area contributed by atoms with E-state index in [-0.39, 0.29) is 50.1 Å². The number of nitrogens with one attached hydrogen (secondary N) is 2. The third-order valence-corrected chi connectivity index (χ3v) is 5.88. The van der Waals surface area contributed by atoms with Gasteiger partial charge in [0.2, 0.25) is 0 Å². The molecule has 210 valence electrons. The Morgan fingerprint density at radius 2 is 0.951 bits per heavy atom. The molecule has 0 saturated carbocycles. The summed E-state index contributed by atoms with van der Waals surface area (Å²) in [5.41, 5.74) is 5.98. The van der Waals surface area contributed by atoms with Crippen molar-refractivity contribution >= 4 is 70.6 Å². The summed E-state index contributed by atoms with van der Waals surface area (Å²) in [6.45, 7) is 0. The second kappa shape index (κ2) is 16.6. The molecule has 0 spiro atoms. The Kier molecular flexibility index (Phi) is 13.7. The van der Waals surface area contributed by atoms with Gasteiger partial charge in [-0.25, -0.2) is 10.9 Å². The second-order valence-corrected chi connectivity index (χ2v) is 9.43. The van der Waals surface area contributed by atoms with Gasteiger partial charge < -0.3 is 10.2 Å². The maximum Gasteiger partial charge on any atom is 2.00 e. The van der Waals surface area contributed by atoms with Crippen LogP contribution in [-0.4, -0.2) is 24.2 Å². The molecule has 0 aliphatic heterocycles. The minimum absolute atomic E-state index is 0. The van der Waals surface area contributed by atoms with Crippen LogP contribution >= 0.6 is 46.4 Å². The van der Waals surface area contributed by atoms with Crippen LogP contribution in [-0.2, 0) is 17.1 Å². The van der Waals surface area contributed by atoms with Crippen LogP contribution in [0.4, 0.5) is 0 Å². The van der Waals surface area contributed by atoms with Crippen LogP contribution in [0.15, 0.2) is 95.1 Å². The first-order valence-corrected chi connectivity index (χ1v) is 12.8. The van der Waals surface area contributed by atoms with Gasteiger partial charge in [0, 0.05) is 31.2 Å². The Labute approximate surface area is 266 Å². The van der Waals surface area contributed by atoms with Crippen LogP contribution in [0, 0.1) is 0 Å². The van der Waals surface area contributed by atoms with Crippen molar-refractivity contribution in [2.75, 3.05) is 0 Å². The zero-order valence-electron chi connectivity index (χ0n) is 20.6. The van der Waals surface area contributed by atoms with E-state index in [1.54, 1.807) is 60.7 Å². The molecule has 4 aromatic rings. The molecular formula is C28H18Cl4FeN4O4. The van der Waals surface area contributed by atoms with Crippen molar-refractivity contribution in [3.63, 3.8) is 0 Å². The van der Waals surface area contributed by atoms with Gasteiger partial charge in [-0.15, -0.1) is 0 Å². The van der Waals surface area contributed by atoms with Crippen molar-refractivity contribution in [2.24, 2.45) is 10.2 Å². The number of halogens is 4. The molecule has 0 radical (unpaired) electrons. The Hall–Kier alpha value is -3.56. The summed E-state index contributed by atoms with van der Waals surface area (Å²) in [5, 5.41) is 31.4. The second-order valence-electron chi connectivity index (χ2n) is 7.74. The van der Waals surface area contributed by atoms with Gasteiger partial charge in [0.25, 0.3) is 11.8 Å². The molecule has 13 heteroatoms. The maximum atomic E-state index is 11.7. The van der Waals surface area contributed by atoms with Gasteiger partial charge in [-0.3, -0.25) is 9.59 Å². The molecule has 0 saturated heterocycles. The predicted octanol–water partition coefficient (Wildman–Crippen LogP) is 5.66. The van der Waals surface area contributed by atoms with Gasteiger partial charge >= 0.3 is 17.1 Å². The Balaban J connectivity index is 0.000000280. The number of hydrazone groups is 2. The van der Waals surface area contributed by atoms with Crippen molar-refractivity contribution in [1.82, 2.24) is 10.9 Å². The summed E-state index contributed by atoms with van der Waals surface area (Å²) >= 11 is 23.0. The third-order valence-electron chi connectivity index (χ3n) is 4.89. The summed E-state index contributed by atoms with van der Waals surface area (Å²) < 4.78 is 0. The molecule has 4 rings (SSSR count). The Morgan fingerprint density at radius 1 is 0.610 bits per heavy atom. The molecule has 0 aliphatic carbocycles. The van der Waals surface area contributed by atoms with Gasteiger partial charge in [-0.1, -0.05) is 94.3 Å². The summed E-state index contributed by atoms with van der Waals surface area (Å²) in [4.78, 5) is 23.4. The number of carbonyl (C=O) groups is 2. The summed E-state index contributed by atoms with van der Waals surface area (Å²) in [6, 6.07) is 22.7. The van der Waals surface area contributed by atoms with Gasteiger partial charge in [0.1, 0.15) is 0 Å². The largest absolute Gasteiger partial charge is 2.00 e. The molecule has 0 fully saturated rings. The van der Waals surface area contributed by atoms with E-state index in [0.29, 0.717) is 21.2 Å². The van der Waals surface area contributed by atoms with Crippen LogP contribution in [0.3, 0.4) is 0 Å². The zero-order valence-corrected chi connectivity index (χ0v) is 24.8. The fourth-order valence-corrected chi connectivity index (χ4v) is 4.00. The third kappa shape index (κ3) is 10.4. The molecular weight excluding hydrogens is 654 g/mol. The summed E-state index contributed by atoms with van der Waals surface area (Å²) in [6.07, 6.45) is 2.42. The molecule has 41 heavy (non-hydrogen) atoms. The molecule has 0 atom stereocenters. The summed E-state index contributed by atoms with van der Waals surface area (Å²) in [7, 11) is 0. The quantitative estimate of drug-likeness (QED) is 0.156. The molecule has 2 amide bonds. The topological polar surface area (TPSA) is 129 Å². The average molecular weight is 672 g/mol. The smallest absolute Gasteiger partial charge is 0.871 e. The van der Waals surface area contributed by atoms with Crippen LogP contribution in [0.2, 0.25) is 20.1 Å². The first kappa shape index (κ1) is 33.6. The molecule has 2 N–H and O–H groups in total. The monoisotopic (exact) mass is 670 g/mol. The number of amides is 2. The van der Waals surface area contributed by atoms with Crippen LogP contribution in [0.5, 0.6) is 11.5 Å². The number of benzene rings is 4. The van der Waals surface area contributed by atoms with Crippen LogP contribution in [0.25, 0.3) is 0 Å².